The Bertz CT molecular complexity index is 732. The maximum absolute atomic E-state index is 12.2. The van der Waals surface area contributed by atoms with Gasteiger partial charge in [0, 0.05) is 0 Å². The Hall–Kier alpha value is -2.32. The van der Waals surface area contributed by atoms with Crippen LogP contribution in [0, 0.1) is 11.3 Å². The van der Waals surface area contributed by atoms with Crippen molar-refractivity contribution in [2.24, 2.45) is 0 Å². The quantitative estimate of drug-likeness (QED) is 0.867. The summed E-state index contributed by atoms with van der Waals surface area (Å²) in [5.74, 6) is -0.210. The van der Waals surface area contributed by atoms with Gasteiger partial charge >= 0.3 is 0 Å². The fourth-order valence-corrected chi connectivity index (χ4v) is 3.15. The normalized spacial score (nSPS) is 10.9. The molecular formula is C14H12N2O2S. The zero-order chi connectivity index (χ0) is 13.9. The van der Waals surface area contributed by atoms with E-state index in [1.54, 1.807) is 48.5 Å². The predicted molar refractivity (Wildman–Crippen MR) is 72.9 cm³/mol. The SMILES string of the molecule is N#Cc1cccc(CS(=O)(=O)c2ccccc2)c1N. The minimum absolute atomic E-state index is 0.210. The van der Waals surface area contributed by atoms with Crippen LogP contribution in [-0.4, -0.2) is 8.42 Å². The lowest BCUT2D eigenvalue weighted by Gasteiger charge is -2.08. The molecule has 0 aliphatic heterocycles. The van der Waals surface area contributed by atoms with Gasteiger partial charge in [0.1, 0.15) is 6.07 Å². The van der Waals surface area contributed by atoms with E-state index < -0.39 is 9.84 Å². The van der Waals surface area contributed by atoms with Crippen molar-refractivity contribution in [2.45, 2.75) is 10.6 Å². The molecule has 0 aromatic heterocycles. The van der Waals surface area contributed by atoms with Crippen molar-refractivity contribution in [3.63, 3.8) is 0 Å². The number of nitrogen functional groups attached to an aromatic ring is 1. The van der Waals surface area contributed by atoms with Gasteiger partial charge < -0.3 is 5.73 Å². The Balaban J connectivity index is 2.40. The second-order valence-electron chi connectivity index (χ2n) is 4.06. The molecule has 0 fully saturated rings. The van der Waals surface area contributed by atoms with Crippen molar-refractivity contribution < 1.29 is 8.42 Å². The van der Waals surface area contributed by atoms with Crippen LogP contribution in [0.25, 0.3) is 0 Å². The first-order chi connectivity index (χ1) is 9.04. The van der Waals surface area contributed by atoms with E-state index >= 15 is 0 Å². The minimum Gasteiger partial charge on any atom is -0.397 e. The number of hydrogen-bond donors (Lipinski definition) is 1. The van der Waals surface area contributed by atoms with E-state index in [9.17, 15) is 8.42 Å². The number of anilines is 1. The van der Waals surface area contributed by atoms with Crippen molar-refractivity contribution in [3.05, 3.63) is 59.7 Å². The van der Waals surface area contributed by atoms with Crippen LogP contribution < -0.4 is 5.73 Å². The van der Waals surface area contributed by atoms with E-state index in [2.05, 4.69) is 0 Å². The largest absolute Gasteiger partial charge is 0.397 e. The number of nitrogens with two attached hydrogens (primary N) is 1. The molecular weight excluding hydrogens is 260 g/mol. The van der Waals surface area contributed by atoms with Gasteiger partial charge in [-0.3, -0.25) is 0 Å². The fraction of sp³-hybridized carbons (Fsp3) is 0.0714. The molecule has 0 saturated carbocycles. The number of nitrogens with zero attached hydrogens (tertiary/aromatic N) is 1. The molecule has 0 spiro atoms. The lowest BCUT2D eigenvalue weighted by atomic mass is 10.1. The predicted octanol–water partition coefficient (Wildman–Crippen LogP) is 2.11. The second kappa shape index (κ2) is 5.12. The highest BCUT2D eigenvalue weighted by Crippen LogP contribution is 2.22. The van der Waals surface area contributed by atoms with Crippen LogP contribution in [0.3, 0.4) is 0 Å². The van der Waals surface area contributed by atoms with E-state index in [0.29, 0.717) is 11.1 Å². The smallest absolute Gasteiger partial charge is 0.182 e. The molecule has 2 rings (SSSR count). The molecule has 2 aromatic carbocycles. The van der Waals surface area contributed by atoms with E-state index in [1.165, 1.54) is 0 Å². The van der Waals surface area contributed by atoms with Crippen molar-refractivity contribution in [2.75, 3.05) is 5.73 Å². The average molecular weight is 272 g/mol. The van der Waals surface area contributed by atoms with E-state index in [4.69, 9.17) is 11.0 Å². The molecule has 0 atom stereocenters. The van der Waals surface area contributed by atoms with Crippen molar-refractivity contribution in [1.82, 2.24) is 0 Å². The zero-order valence-electron chi connectivity index (χ0n) is 10.1. The summed E-state index contributed by atoms with van der Waals surface area (Å²) in [7, 11) is -3.45. The first-order valence-electron chi connectivity index (χ1n) is 5.60. The summed E-state index contributed by atoms with van der Waals surface area (Å²) in [6, 6.07) is 14.9. The Morgan fingerprint density at radius 3 is 2.37 bits per heavy atom. The van der Waals surface area contributed by atoms with Crippen LogP contribution in [0.1, 0.15) is 11.1 Å². The Morgan fingerprint density at radius 2 is 1.74 bits per heavy atom. The Morgan fingerprint density at radius 1 is 1.05 bits per heavy atom. The zero-order valence-corrected chi connectivity index (χ0v) is 10.9. The highest BCUT2D eigenvalue weighted by atomic mass is 32.2. The van der Waals surface area contributed by atoms with Gasteiger partial charge in [-0.1, -0.05) is 30.3 Å². The summed E-state index contributed by atoms with van der Waals surface area (Å²) in [5, 5.41) is 8.88. The van der Waals surface area contributed by atoms with Crippen LogP contribution in [0.15, 0.2) is 53.4 Å². The minimum atomic E-state index is -3.45. The fourth-order valence-electron chi connectivity index (χ4n) is 1.75. The first-order valence-corrected chi connectivity index (χ1v) is 7.25. The monoisotopic (exact) mass is 272 g/mol. The molecule has 0 unspecified atom stereocenters. The van der Waals surface area contributed by atoms with Gasteiger partial charge in [-0.15, -0.1) is 0 Å². The Labute approximate surface area is 112 Å². The summed E-state index contributed by atoms with van der Waals surface area (Å²) in [4.78, 5) is 0.247. The summed E-state index contributed by atoms with van der Waals surface area (Å²) in [5.41, 5.74) is 6.76. The maximum Gasteiger partial charge on any atom is 0.182 e. The second-order valence-corrected chi connectivity index (χ2v) is 6.05. The molecule has 2 aromatic rings. The van der Waals surface area contributed by atoms with Gasteiger partial charge in [0.05, 0.1) is 21.9 Å². The van der Waals surface area contributed by atoms with Crippen LogP contribution in [0.2, 0.25) is 0 Å². The molecule has 5 heteroatoms. The summed E-state index contributed by atoms with van der Waals surface area (Å²) >= 11 is 0. The van der Waals surface area contributed by atoms with Crippen LogP contribution in [-0.2, 0) is 15.6 Å². The third-order valence-corrected chi connectivity index (χ3v) is 4.45. The van der Waals surface area contributed by atoms with E-state index in [0.717, 1.165) is 0 Å². The maximum atomic E-state index is 12.2. The molecule has 2 N–H and O–H groups in total. The molecule has 0 aliphatic rings. The summed E-state index contributed by atoms with van der Waals surface area (Å²) < 4.78 is 24.4. The topological polar surface area (TPSA) is 84.0 Å². The number of benzene rings is 2. The lowest BCUT2D eigenvalue weighted by molar-refractivity contribution is 0.595. The Kier molecular flexibility index (Phi) is 3.54. The van der Waals surface area contributed by atoms with Crippen molar-refractivity contribution in [3.8, 4) is 6.07 Å². The molecule has 0 saturated heterocycles. The molecule has 0 radical (unpaired) electrons. The molecule has 0 heterocycles. The molecule has 19 heavy (non-hydrogen) atoms. The summed E-state index contributed by atoms with van der Waals surface area (Å²) in [6.45, 7) is 0. The van der Waals surface area contributed by atoms with Crippen molar-refractivity contribution in [1.29, 1.82) is 5.26 Å². The van der Waals surface area contributed by atoms with Gasteiger partial charge in [-0.2, -0.15) is 5.26 Å². The van der Waals surface area contributed by atoms with Gasteiger partial charge in [-0.25, -0.2) is 8.42 Å². The average Bonchev–Trinajstić information content (AvgIpc) is 2.42. The third-order valence-electron chi connectivity index (χ3n) is 2.76. The lowest BCUT2D eigenvalue weighted by Crippen LogP contribution is -2.07. The van der Waals surface area contributed by atoms with E-state index in [-0.39, 0.29) is 16.3 Å². The highest BCUT2D eigenvalue weighted by Gasteiger charge is 2.17. The van der Waals surface area contributed by atoms with E-state index in [1.807, 2.05) is 6.07 Å². The first kappa shape index (κ1) is 13.1. The third kappa shape index (κ3) is 2.75. The molecule has 0 amide bonds. The van der Waals surface area contributed by atoms with Gasteiger partial charge in [0.15, 0.2) is 9.84 Å². The number of para-hydroxylation sites is 1. The molecule has 0 aliphatic carbocycles. The number of rotatable bonds is 3. The molecule has 96 valence electrons. The highest BCUT2D eigenvalue weighted by molar-refractivity contribution is 7.90. The van der Waals surface area contributed by atoms with Gasteiger partial charge in [0.2, 0.25) is 0 Å². The van der Waals surface area contributed by atoms with Gasteiger partial charge in [-0.05, 0) is 23.8 Å². The number of sulfone groups is 1. The van der Waals surface area contributed by atoms with Gasteiger partial charge in [0.25, 0.3) is 0 Å². The van der Waals surface area contributed by atoms with Crippen LogP contribution in [0.4, 0.5) is 5.69 Å². The van der Waals surface area contributed by atoms with Crippen LogP contribution >= 0.6 is 0 Å². The number of nitriles is 1. The van der Waals surface area contributed by atoms with Crippen LogP contribution in [0.5, 0.6) is 0 Å². The number of hydrogen-bond acceptors (Lipinski definition) is 4. The molecule has 0 bridgehead atoms. The summed E-state index contributed by atoms with van der Waals surface area (Å²) in [6.07, 6.45) is 0. The van der Waals surface area contributed by atoms with Crippen molar-refractivity contribution >= 4 is 15.5 Å². The standard InChI is InChI=1S/C14H12N2O2S/c15-9-11-5-4-6-12(14(11)16)10-19(17,18)13-7-2-1-3-8-13/h1-8H,10,16H2. The molecule has 4 nitrogen and oxygen atoms in total.